The summed E-state index contributed by atoms with van der Waals surface area (Å²) in [5.41, 5.74) is 1.39. The Labute approximate surface area is 97.9 Å². The Balaban J connectivity index is 1.84. The Morgan fingerprint density at radius 1 is 1.19 bits per heavy atom. The van der Waals surface area contributed by atoms with Crippen molar-refractivity contribution < 1.29 is 5.11 Å². The average Bonchev–Trinajstić information content (AvgIpc) is 2.38. The SMILES string of the molecule is OCC1CCCCN1CCc1ccccc1. The van der Waals surface area contributed by atoms with Gasteiger partial charge in [0.05, 0.1) is 6.61 Å². The van der Waals surface area contributed by atoms with Crippen LogP contribution in [-0.2, 0) is 6.42 Å². The molecule has 0 spiro atoms. The number of benzene rings is 1. The molecule has 1 atom stereocenters. The third-order valence-electron chi connectivity index (χ3n) is 3.49. The molecule has 0 amide bonds. The minimum absolute atomic E-state index is 0.314. The molecule has 1 heterocycles. The maximum Gasteiger partial charge on any atom is 0.0586 e. The molecule has 2 heteroatoms. The van der Waals surface area contributed by atoms with Gasteiger partial charge in [-0.1, -0.05) is 36.8 Å². The number of rotatable bonds is 4. The van der Waals surface area contributed by atoms with Gasteiger partial charge in [-0.3, -0.25) is 4.90 Å². The van der Waals surface area contributed by atoms with Crippen molar-refractivity contribution in [1.29, 1.82) is 0 Å². The molecule has 0 radical (unpaired) electrons. The summed E-state index contributed by atoms with van der Waals surface area (Å²) >= 11 is 0. The number of hydrogen-bond acceptors (Lipinski definition) is 2. The van der Waals surface area contributed by atoms with Gasteiger partial charge in [-0.25, -0.2) is 0 Å². The fourth-order valence-electron chi connectivity index (χ4n) is 2.48. The first-order valence-corrected chi connectivity index (χ1v) is 6.29. The van der Waals surface area contributed by atoms with Crippen molar-refractivity contribution in [2.75, 3.05) is 19.7 Å². The van der Waals surface area contributed by atoms with Crippen LogP contribution in [0.1, 0.15) is 24.8 Å². The maximum absolute atomic E-state index is 9.32. The van der Waals surface area contributed by atoms with Gasteiger partial charge in [-0.2, -0.15) is 0 Å². The van der Waals surface area contributed by atoms with Crippen molar-refractivity contribution in [2.24, 2.45) is 0 Å². The van der Waals surface area contributed by atoms with Crippen molar-refractivity contribution in [1.82, 2.24) is 4.90 Å². The molecular formula is C14H21NO. The number of nitrogens with zero attached hydrogens (tertiary/aromatic N) is 1. The molecule has 1 fully saturated rings. The number of aliphatic hydroxyl groups is 1. The number of likely N-dealkylation sites (tertiary alicyclic amines) is 1. The maximum atomic E-state index is 9.32. The summed E-state index contributed by atoms with van der Waals surface area (Å²) in [7, 11) is 0. The fraction of sp³-hybridized carbons (Fsp3) is 0.571. The van der Waals surface area contributed by atoms with E-state index in [1.165, 1.54) is 18.4 Å². The molecule has 1 aromatic carbocycles. The summed E-state index contributed by atoms with van der Waals surface area (Å²) in [6.07, 6.45) is 4.81. The molecule has 1 unspecified atom stereocenters. The van der Waals surface area contributed by atoms with Gasteiger partial charge in [0.2, 0.25) is 0 Å². The second-order valence-electron chi connectivity index (χ2n) is 4.60. The van der Waals surface area contributed by atoms with Gasteiger partial charge in [0.1, 0.15) is 0 Å². The van der Waals surface area contributed by atoms with E-state index in [0.29, 0.717) is 12.6 Å². The zero-order valence-electron chi connectivity index (χ0n) is 9.81. The molecule has 0 aliphatic carbocycles. The van der Waals surface area contributed by atoms with E-state index in [2.05, 4.69) is 35.2 Å². The highest BCUT2D eigenvalue weighted by atomic mass is 16.3. The lowest BCUT2D eigenvalue weighted by molar-refractivity contribution is 0.0913. The van der Waals surface area contributed by atoms with Gasteiger partial charge in [0, 0.05) is 12.6 Å². The van der Waals surface area contributed by atoms with Crippen LogP contribution in [0.5, 0.6) is 0 Å². The zero-order valence-corrected chi connectivity index (χ0v) is 9.81. The second-order valence-corrected chi connectivity index (χ2v) is 4.60. The number of hydrogen-bond donors (Lipinski definition) is 1. The molecule has 0 saturated carbocycles. The van der Waals surface area contributed by atoms with Gasteiger partial charge in [-0.05, 0) is 31.4 Å². The topological polar surface area (TPSA) is 23.5 Å². The van der Waals surface area contributed by atoms with E-state index < -0.39 is 0 Å². The third-order valence-corrected chi connectivity index (χ3v) is 3.49. The third kappa shape index (κ3) is 3.06. The first-order valence-electron chi connectivity index (χ1n) is 6.29. The van der Waals surface area contributed by atoms with E-state index >= 15 is 0 Å². The standard InChI is InChI=1S/C14H21NO/c16-12-14-8-4-5-10-15(14)11-9-13-6-2-1-3-7-13/h1-3,6-7,14,16H,4-5,8-12H2. The lowest BCUT2D eigenvalue weighted by atomic mass is 10.0. The van der Waals surface area contributed by atoms with Crippen molar-refractivity contribution in [3.63, 3.8) is 0 Å². The molecule has 0 aromatic heterocycles. The lowest BCUT2D eigenvalue weighted by Gasteiger charge is -2.34. The Kier molecular flexibility index (Phi) is 4.37. The van der Waals surface area contributed by atoms with Crippen LogP contribution in [0.3, 0.4) is 0 Å². The highest BCUT2D eigenvalue weighted by molar-refractivity contribution is 5.14. The molecule has 1 aliphatic rings. The summed E-state index contributed by atoms with van der Waals surface area (Å²) in [5.74, 6) is 0. The first kappa shape index (κ1) is 11.6. The van der Waals surface area contributed by atoms with Crippen LogP contribution in [0.2, 0.25) is 0 Å². The van der Waals surface area contributed by atoms with E-state index in [1.54, 1.807) is 0 Å². The predicted molar refractivity (Wildman–Crippen MR) is 66.4 cm³/mol. The molecule has 1 N–H and O–H groups in total. The van der Waals surface area contributed by atoms with Gasteiger partial charge < -0.3 is 5.11 Å². The fourth-order valence-corrected chi connectivity index (χ4v) is 2.48. The lowest BCUT2D eigenvalue weighted by Crippen LogP contribution is -2.42. The van der Waals surface area contributed by atoms with Crippen molar-refractivity contribution in [3.8, 4) is 0 Å². The Hall–Kier alpha value is -0.860. The summed E-state index contributed by atoms with van der Waals surface area (Å²) in [4.78, 5) is 2.44. The Morgan fingerprint density at radius 3 is 2.75 bits per heavy atom. The molecule has 0 bridgehead atoms. The largest absolute Gasteiger partial charge is 0.395 e. The quantitative estimate of drug-likeness (QED) is 0.838. The normalized spacial score (nSPS) is 22.2. The van der Waals surface area contributed by atoms with E-state index in [4.69, 9.17) is 0 Å². The molecule has 1 aromatic rings. The minimum Gasteiger partial charge on any atom is -0.395 e. The van der Waals surface area contributed by atoms with Crippen LogP contribution in [0.15, 0.2) is 30.3 Å². The van der Waals surface area contributed by atoms with Gasteiger partial charge in [-0.15, -0.1) is 0 Å². The minimum atomic E-state index is 0.314. The summed E-state index contributed by atoms with van der Waals surface area (Å²) < 4.78 is 0. The Morgan fingerprint density at radius 2 is 2.00 bits per heavy atom. The summed E-state index contributed by atoms with van der Waals surface area (Å²) in [6, 6.07) is 11.0. The molecule has 1 saturated heterocycles. The van der Waals surface area contributed by atoms with E-state index in [9.17, 15) is 5.11 Å². The smallest absolute Gasteiger partial charge is 0.0586 e. The van der Waals surface area contributed by atoms with Crippen LogP contribution in [0.25, 0.3) is 0 Å². The molecule has 2 nitrogen and oxygen atoms in total. The van der Waals surface area contributed by atoms with Crippen molar-refractivity contribution >= 4 is 0 Å². The molecule has 88 valence electrons. The monoisotopic (exact) mass is 219 g/mol. The van der Waals surface area contributed by atoms with E-state index in [0.717, 1.165) is 25.9 Å². The first-order chi connectivity index (χ1) is 7.90. The van der Waals surface area contributed by atoms with Crippen LogP contribution >= 0.6 is 0 Å². The molecule has 16 heavy (non-hydrogen) atoms. The van der Waals surface area contributed by atoms with Crippen molar-refractivity contribution in [3.05, 3.63) is 35.9 Å². The van der Waals surface area contributed by atoms with E-state index in [-0.39, 0.29) is 0 Å². The highest BCUT2D eigenvalue weighted by Gasteiger charge is 2.20. The van der Waals surface area contributed by atoms with Gasteiger partial charge in [0.15, 0.2) is 0 Å². The molecular weight excluding hydrogens is 198 g/mol. The van der Waals surface area contributed by atoms with Crippen molar-refractivity contribution in [2.45, 2.75) is 31.7 Å². The van der Waals surface area contributed by atoms with Crippen LogP contribution in [0.4, 0.5) is 0 Å². The van der Waals surface area contributed by atoms with E-state index in [1.807, 2.05) is 0 Å². The Bertz CT molecular complexity index is 299. The zero-order chi connectivity index (χ0) is 11.2. The summed E-state index contributed by atoms with van der Waals surface area (Å²) in [5, 5.41) is 9.32. The number of piperidine rings is 1. The molecule has 1 aliphatic heterocycles. The van der Waals surface area contributed by atoms with Gasteiger partial charge >= 0.3 is 0 Å². The van der Waals surface area contributed by atoms with Crippen LogP contribution < -0.4 is 0 Å². The van der Waals surface area contributed by atoms with Crippen LogP contribution in [-0.4, -0.2) is 35.7 Å². The molecule has 2 rings (SSSR count). The predicted octanol–water partition coefficient (Wildman–Crippen LogP) is 2.08. The average molecular weight is 219 g/mol. The summed E-state index contributed by atoms with van der Waals surface area (Å²) in [6.45, 7) is 2.54. The van der Waals surface area contributed by atoms with Crippen LogP contribution in [0, 0.1) is 0 Å². The highest BCUT2D eigenvalue weighted by Crippen LogP contribution is 2.16. The number of aliphatic hydroxyl groups excluding tert-OH is 1. The second kappa shape index (κ2) is 6.02. The van der Waals surface area contributed by atoms with Gasteiger partial charge in [0.25, 0.3) is 0 Å².